The molecule has 0 unspecified atom stereocenters. The molecule has 0 saturated heterocycles. The molecule has 0 fully saturated rings. The number of nitrogens with one attached hydrogen (secondary N) is 2. The van der Waals surface area contributed by atoms with Gasteiger partial charge in [0.1, 0.15) is 0 Å². The largest absolute Gasteiger partial charge is 0.459 e. The van der Waals surface area contributed by atoms with Crippen LogP contribution in [0.1, 0.15) is 26.5 Å². The minimum absolute atomic E-state index is 0.0261. The summed E-state index contributed by atoms with van der Waals surface area (Å²) in [6, 6.07) is 13.7. The van der Waals surface area contributed by atoms with Crippen molar-refractivity contribution in [3.8, 4) is 0 Å². The van der Waals surface area contributed by atoms with Crippen LogP contribution in [0.3, 0.4) is 0 Å². The number of nitrogens with zero attached hydrogens (tertiary/aromatic N) is 1. The zero-order valence-corrected chi connectivity index (χ0v) is 15.1. The van der Waals surface area contributed by atoms with Gasteiger partial charge in [0.05, 0.1) is 21.8 Å². The Morgan fingerprint density at radius 2 is 1.82 bits per heavy atom. The monoisotopic (exact) mass is 399 g/mol. The van der Waals surface area contributed by atoms with Gasteiger partial charge in [0.25, 0.3) is 17.5 Å². The number of carbonyl (C=O) groups excluding carboxylic acids is 2. The van der Waals surface area contributed by atoms with E-state index in [0.29, 0.717) is 5.69 Å². The van der Waals surface area contributed by atoms with Crippen molar-refractivity contribution < 1.29 is 18.9 Å². The number of benzene rings is 2. The van der Waals surface area contributed by atoms with E-state index in [1.54, 1.807) is 36.4 Å². The van der Waals surface area contributed by atoms with Gasteiger partial charge in [-0.05, 0) is 35.9 Å². The van der Waals surface area contributed by atoms with E-state index in [-0.39, 0.29) is 34.5 Å². The molecule has 2 amide bonds. The van der Waals surface area contributed by atoms with Gasteiger partial charge in [-0.3, -0.25) is 19.7 Å². The first-order valence-corrected chi connectivity index (χ1v) is 8.48. The minimum atomic E-state index is -0.594. The summed E-state index contributed by atoms with van der Waals surface area (Å²) in [5, 5.41) is 16.3. The van der Waals surface area contributed by atoms with E-state index in [9.17, 15) is 19.7 Å². The van der Waals surface area contributed by atoms with Crippen molar-refractivity contribution in [3.05, 3.63) is 92.9 Å². The summed E-state index contributed by atoms with van der Waals surface area (Å²) in [7, 11) is 0. The summed E-state index contributed by atoms with van der Waals surface area (Å²) in [6.45, 7) is 0.185. The van der Waals surface area contributed by atoms with E-state index in [0.717, 1.165) is 11.6 Å². The molecule has 0 spiro atoms. The molecule has 0 atom stereocenters. The summed E-state index contributed by atoms with van der Waals surface area (Å²) in [6.07, 6.45) is 1.41. The average molecular weight is 400 g/mol. The number of amides is 2. The maximum atomic E-state index is 12.3. The number of non-ortho nitro benzene ring substituents is 1. The molecule has 8 nitrogen and oxygen atoms in total. The first kappa shape index (κ1) is 19.1. The third kappa shape index (κ3) is 4.54. The second-order valence-electron chi connectivity index (χ2n) is 5.73. The van der Waals surface area contributed by atoms with Gasteiger partial charge >= 0.3 is 0 Å². The normalized spacial score (nSPS) is 10.3. The molecule has 3 rings (SSSR count). The van der Waals surface area contributed by atoms with Gasteiger partial charge in [0.2, 0.25) is 0 Å². The number of nitro benzene ring substituents is 1. The molecule has 0 saturated carbocycles. The number of furan rings is 1. The van der Waals surface area contributed by atoms with Crippen molar-refractivity contribution in [3.63, 3.8) is 0 Å². The first-order valence-electron chi connectivity index (χ1n) is 8.10. The van der Waals surface area contributed by atoms with Gasteiger partial charge in [-0.15, -0.1) is 0 Å². The molecular weight excluding hydrogens is 386 g/mol. The van der Waals surface area contributed by atoms with E-state index in [2.05, 4.69) is 10.6 Å². The third-order valence-electron chi connectivity index (χ3n) is 3.82. The van der Waals surface area contributed by atoms with Crippen molar-refractivity contribution >= 4 is 34.8 Å². The predicted molar refractivity (Wildman–Crippen MR) is 102 cm³/mol. The third-order valence-corrected chi connectivity index (χ3v) is 4.14. The maximum Gasteiger partial charge on any atom is 0.291 e. The van der Waals surface area contributed by atoms with Crippen LogP contribution in [0.4, 0.5) is 11.4 Å². The summed E-state index contributed by atoms with van der Waals surface area (Å²) in [5.41, 5.74) is 1.15. The molecule has 2 N–H and O–H groups in total. The standard InChI is InChI=1S/C19H14ClN3O5/c20-16-8-7-14(23(26)27)10-15(16)18(24)21-11-12-3-5-13(6-4-12)22-19(25)17-2-1-9-28-17/h1-10H,11H2,(H,21,24)(H,22,25). The van der Waals surface area contributed by atoms with E-state index < -0.39 is 10.8 Å². The van der Waals surface area contributed by atoms with Gasteiger partial charge in [-0.2, -0.15) is 0 Å². The lowest BCUT2D eigenvalue weighted by atomic mass is 10.1. The Morgan fingerprint density at radius 1 is 1.07 bits per heavy atom. The fraction of sp³-hybridized carbons (Fsp3) is 0.0526. The molecule has 142 valence electrons. The molecule has 0 bridgehead atoms. The van der Waals surface area contributed by atoms with Crippen LogP contribution in [0, 0.1) is 10.1 Å². The second kappa shape index (κ2) is 8.36. The van der Waals surface area contributed by atoms with Crippen LogP contribution in [0.5, 0.6) is 0 Å². The summed E-state index contributed by atoms with van der Waals surface area (Å²) < 4.78 is 5.02. The summed E-state index contributed by atoms with van der Waals surface area (Å²) in [5.74, 6) is -0.694. The maximum absolute atomic E-state index is 12.3. The van der Waals surface area contributed by atoms with Crippen molar-refractivity contribution in [2.45, 2.75) is 6.54 Å². The van der Waals surface area contributed by atoms with Crippen LogP contribution < -0.4 is 10.6 Å². The van der Waals surface area contributed by atoms with Crippen LogP contribution in [0.2, 0.25) is 5.02 Å². The highest BCUT2D eigenvalue weighted by Gasteiger charge is 2.15. The first-order chi connectivity index (χ1) is 13.4. The molecule has 0 aliphatic rings. The molecule has 28 heavy (non-hydrogen) atoms. The number of hydrogen-bond donors (Lipinski definition) is 2. The lowest BCUT2D eigenvalue weighted by molar-refractivity contribution is -0.384. The van der Waals surface area contributed by atoms with Crippen molar-refractivity contribution in [2.75, 3.05) is 5.32 Å². The predicted octanol–water partition coefficient (Wildman–Crippen LogP) is 4.02. The van der Waals surface area contributed by atoms with E-state index >= 15 is 0 Å². The van der Waals surface area contributed by atoms with Gasteiger partial charge in [-0.25, -0.2) is 0 Å². The van der Waals surface area contributed by atoms with Crippen LogP contribution in [0.15, 0.2) is 65.3 Å². The minimum Gasteiger partial charge on any atom is -0.459 e. The van der Waals surface area contributed by atoms with Gasteiger partial charge in [0, 0.05) is 24.4 Å². The Hall–Kier alpha value is -3.65. The average Bonchev–Trinajstić information content (AvgIpc) is 3.22. The highest BCUT2D eigenvalue weighted by atomic mass is 35.5. The summed E-state index contributed by atoms with van der Waals surface area (Å²) in [4.78, 5) is 34.4. The number of carbonyl (C=O) groups is 2. The van der Waals surface area contributed by atoms with Gasteiger partial charge < -0.3 is 15.1 Å². The molecule has 3 aromatic rings. The Bertz CT molecular complexity index is 1020. The number of halogens is 1. The number of hydrogen-bond acceptors (Lipinski definition) is 5. The number of anilines is 1. The zero-order valence-electron chi connectivity index (χ0n) is 14.3. The second-order valence-corrected chi connectivity index (χ2v) is 6.14. The van der Waals surface area contributed by atoms with Crippen molar-refractivity contribution in [1.82, 2.24) is 5.32 Å². The van der Waals surface area contributed by atoms with E-state index in [1.165, 1.54) is 18.4 Å². The summed E-state index contributed by atoms with van der Waals surface area (Å²) >= 11 is 5.96. The Labute approximate surface area is 164 Å². The Kier molecular flexibility index (Phi) is 5.71. The van der Waals surface area contributed by atoms with E-state index in [4.69, 9.17) is 16.0 Å². The Balaban J connectivity index is 1.60. The lowest BCUT2D eigenvalue weighted by Gasteiger charge is -2.08. The van der Waals surface area contributed by atoms with Crippen molar-refractivity contribution in [1.29, 1.82) is 0 Å². The lowest BCUT2D eigenvalue weighted by Crippen LogP contribution is -2.23. The number of rotatable bonds is 6. The van der Waals surface area contributed by atoms with Gasteiger partial charge in [-0.1, -0.05) is 23.7 Å². The fourth-order valence-corrected chi connectivity index (χ4v) is 2.59. The zero-order chi connectivity index (χ0) is 20.1. The molecule has 2 aromatic carbocycles. The highest BCUT2D eigenvalue weighted by molar-refractivity contribution is 6.33. The smallest absolute Gasteiger partial charge is 0.291 e. The molecule has 1 heterocycles. The molecular formula is C19H14ClN3O5. The molecule has 0 aliphatic heterocycles. The fourth-order valence-electron chi connectivity index (χ4n) is 2.38. The molecule has 1 aromatic heterocycles. The Morgan fingerprint density at radius 3 is 2.46 bits per heavy atom. The molecule has 0 radical (unpaired) electrons. The molecule has 0 aliphatic carbocycles. The van der Waals surface area contributed by atoms with Crippen molar-refractivity contribution in [2.24, 2.45) is 0 Å². The van der Waals surface area contributed by atoms with Crippen LogP contribution in [-0.2, 0) is 6.54 Å². The topological polar surface area (TPSA) is 114 Å². The van der Waals surface area contributed by atoms with Crippen LogP contribution in [0.25, 0.3) is 0 Å². The quantitative estimate of drug-likeness (QED) is 0.479. The number of nitro groups is 1. The van der Waals surface area contributed by atoms with Crippen LogP contribution in [-0.4, -0.2) is 16.7 Å². The van der Waals surface area contributed by atoms with Gasteiger partial charge in [0.15, 0.2) is 5.76 Å². The van der Waals surface area contributed by atoms with E-state index in [1.807, 2.05) is 0 Å². The molecule has 9 heteroatoms. The highest BCUT2D eigenvalue weighted by Crippen LogP contribution is 2.22. The van der Waals surface area contributed by atoms with Crippen LogP contribution >= 0.6 is 11.6 Å². The SMILES string of the molecule is O=C(Nc1ccc(CNC(=O)c2cc([N+](=O)[O-])ccc2Cl)cc1)c1ccco1.